The molecule has 2 nitrogen and oxygen atoms in total. The Morgan fingerprint density at radius 3 is 1.67 bits per heavy atom. The summed E-state index contributed by atoms with van der Waals surface area (Å²) in [4.78, 5) is 0. The highest BCUT2D eigenvalue weighted by Gasteiger charge is 2.40. The van der Waals surface area contributed by atoms with E-state index in [4.69, 9.17) is 0 Å². The van der Waals surface area contributed by atoms with Gasteiger partial charge < -0.3 is 9.67 Å². The summed E-state index contributed by atoms with van der Waals surface area (Å²) in [5.74, 6) is 0. The summed E-state index contributed by atoms with van der Waals surface area (Å²) < 4.78 is 14.7. The van der Waals surface area contributed by atoms with Gasteiger partial charge in [-0.05, 0) is 12.0 Å². The third-order valence-corrected chi connectivity index (χ3v) is 8.71. The Kier molecular flexibility index (Phi) is 6.66. The van der Waals surface area contributed by atoms with Gasteiger partial charge in [0.2, 0.25) is 0 Å². The van der Waals surface area contributed by atoms with Gasteiger partial charge in [0, 0.05) is 10.6 Å². The van der Waals surface area contributed by atoms with Crippen molar-refractivity contribution in [2.75, 3.05) is 0 Å². The van der Waals surface area contributed by atoms with Crippen LogP contribution in [0.15, 0.2) is 91.0 Å². The molecule has 27 heavy (non-hydrogen) atoms. The molecule has 2 atom stereocenters. The molecule has 140 valence electrons. The minimum Gasteiger partial charge on any atom is -0.388 e. The van der Waals surface area contributed by atoms with E-state index in [1.165, 1.54) is 0 Å². The minimum absolute atomic E-state index is 0.357. The number of unbranched alkanes of at least 4 members (excludes halogenated alkanes) is 1. The molecule has 1 N–H and O–H groups in total. The SMILES string of the molecule is CCCC[C@@H]([C@@H](O)c1ccccc1)P(=O)(c1ccccc1)c1ccccc1. The lowest BCUT2D eigenvalue weighted by molar-refractivity contribution is 0.166. The zero-order valence-corrected chi connectivity index (χ0v) is 16.6. The van der Waals surface area contributed by atoms with Crippen LogP contribution >= 0.6 is 7.14 Å². The molecule has 3 heteroatoms. The van der Waals surface area contributed by atoms with Crippen LogP contribution in [0.4, 0.5) is 0 Å². The molecular weight excluding hydrogens is 351 g/mol. The summed E-state index contributed by atoms with van der Waals surface area (Å²) >= 11 is 0. The normalized spacial score (nSPS) is 13.9. The molecule has 0 fully saturated rings. The summed E-state index contributed by atoms with van der Waals surface area (Å²) in [5, 5.41) is 12.9. The van der Waals surface area contributed by atoms with Gasteiger partial charge in [0.05, 0.1) is 11.8 Å². The van der Waals surface area contributed by atoms with Gasteiger partial charge in [-0.15, -0.1) is 0 Å². The van der Waals surface area contributed by atoms with Crippen molar-refractivity contribution in [1.82, 2.24) is 0 Å². The highest BCUT2D eigenvalue weighted by Crippen LogP contribution is 2.54. The number of hydrogen-bond acceptors (Lipinski definition) is 2. The fraction of sp³-hybridized carbons (Fsp3) is 0.250. The zero-order valence-electron chi connectivity index (χ0n) is 15.7. The van der Waals surface area contributed by atoms with Crippen LogP contribution in [0.1, 0.15) is 37.9 Å². The maximum absolute atomic E-state index is 14.7. The van der Waals surface area contributed by atoms with Gasteiger partial charge in [0.1, 0.15) is 7.14 Å². The van der Waals surface area contributed by atoms with Gasteiger partial charge in [-0.1, -0.05) is 111 Å². The lowest BCUT2D eigenvalue weighted by Crippen LogP contribution is -2.30. The molecule has 0 spiro atoms. The monoisotopic (exact) mass is 378 g/mol. The quantitative estimate of drug-likeness (QED) is 0.541. The van der Waals surface area contributed by atoms with Crippen molar-refractivity contribution in [3.05, 3.63) is 96.6 Å². The maximum atomic E-state index is 14.7. The van der Waals surface area contributed by atoms with Crippen molar-refractivity contribution in [3.8, 4) is 0 Å². The molecule has 0 bridgehead atoms. The Balaban J connectivity index is 2.15. The second kappa shape index (κ2) is 9.17. The predicted octanol–water partition coefficient (Wildman–Crippen LogP) is 5.29. The van der Waals surface area contributed by atoms with E-state index in [1.54, 1.807) is 0 Å². The Bertz CT molecular complexity index is 819. The summed E-state index contributed by atoms with van der Waals surface area (Å²) in [6.07, 6.45) is 1.87. The summed E-state index contributed by atoms with van der Waals surface area (Å²) in [6, 6.07) is 28.9. The van der Waals surface area contributed by atoms with Gasteiger partial charge in [0.15, 0.2) is 0 Å². The van der Waals surface area contributed by atoms with E-state index in [9.17, 15) is 9.67 Å². The van der Waals surface area contributed by atoms with Crippen molar-refractivity contribution < 1.29 is 9.67 Å². The Hall–Kier alpha value is -2.15. The summed E-state index contributed by atoms with van der Waals surface area (Å²) in [5.41, 5.74) is 0.468. The molecule has 0 aliphatic rings. The maximum Gasteiger partial charge on any atom is 0.149 e. The van der Waals surface area contributed by atoms with Gasteiger partial charge in [-0.2, -0.15) is 0 Å². The molecule has 0 aliphatic carbocycles. The van der Waals surface area contributed by atoms with Crippen LogP contribution in [0.5, 0.6) is 0 Å². The molecule has 3 rings (SSSR count). The van der Waals surface area contributed by atoms with E-state index in [0.29, 0.717) is 6.42 Å². The molecule has 0 heterocycles. The number of aliphatic hydroxyl groups excluding tert-OH is 1. The molecule has 0 amide bonds. The molecule has 0 radical (unpaired) electrons. The lowest BCUT2D eigenvalue weighted by atomic mass is 10.0. The lowest BCUT2D eigenvalue weighted by Gasteiger charge is -2.32. The third kappa shape index (κ3) is 4.24. The standard InChI is InChI=1S/C24H27O2P/c1-2-3-19-23(24(25)20-13-7-4-8-14-20)27(26,21-15-9-5-10-16-21)22-17-11-6-12-18-22/h4-18,23-25H,2-3,19H2,1H3/t23-,24-/m0/s1. The molecule has 3 aromatic rings. The van der Waals surface area contributed by atoms with Crippen LogP contribution in [0.3, 0.4) is 0 Å². The van der Waals surface area contributed by atoms with Crippen LogP contribution in [0.2, 0.25) is 0 Å². The summed E-state index contributed by atoms with van der Waals surface area (Å²) in [7, 11) is -3.04. The first-order chi connectivity index (χ1) is 13.2. The van der Waals surface area contributed by atoms with Crippen molar-refractivity contribution in [1.29, 1.82) is 0 Å². The first kappa shape index (κ1) is 19.6. The van der Waals surface area contributed by atoms with Gasteiger partial charge in [0.25, 0.3) is 0 Å². The Labute approximate surface area is 162 Å². The second-order valence-electron chi connectivity index (χ2n) is 6.89. The molecule has 0 unspecified atom stereocenters. The third-order valence-electron chi connectivity index (χ3n) is 5.11. The highest BCUT2D eigenvalue weighted by atomic mass is 31.2. The second-order valence-corrected chi connectivity index (χ2v) is 9.91. The van der Waals surface area contributed by atoms with Crippen molar-refractivity contribution in [2.24, 2.45) is 0 Å². The first-order valence-electron chi connectivity index (χ1n) is 9.62. The zero-order chi connectivity index (χ0) is 19.1. The Morgan fingerprint density at radius 2 is 1.22 bits per heavy atom. The fourth-order valence-corrected chi connectivity index (χ4v) is 7.07. The fourth-order valence-electron chi connectivity index (χ4n) is 3.66. The van der Waals surface area contributed by atoms with E-state index >= 15 is 0 Å². The van der Waals surface area contributed by atoms with Crippen LogP contribution in [0.25, 0.3) is 0 Å². The molecule has 0 saturated carbocycles. The average Bonchev–Trinajstić information content (AvgIpc) is 2.75. The van der Waals surface area contributed by atoms with Crippen LogP contribution in [-0.2, 0) is 4.57 Å². The molecule has 0 aromatic heterocycles. The van der Waals surface area contributed by atoms with Crippen LogP contribution in [-0.4, -0.2) is 10.8 Å². The van der Waals surface area contributed by atoms with E-state index in [0.717, 1.165) is 29.0 Å². The van der Waals surface area contributed by atoms with E-state index in [-0.39, 0.29) is 5.66 Å². The van der Waals surface area contributed by atoms with Crippen LogP contribution < -0.4 is 10.6 Å². The molecule has 0 aliphatic heterocycles. The van der Waals surface area contributed by atoms with E-state index < -0.39 is 13.2 Å². The number of hydrogen-bond donors (Lipinski definition) is 1. The molecule has 3 aromatic carbocycles. The van der Waals surface area contributed by atoms with Crippen molar-refractivity contribution in [2.45, 2.75) is 37.9 Å². The Morgan fingerprint density at radius 1 is 0.778 bits per heavy atom. The van der Waals surface area contributed by atoms with E-state index in [2.05, 4.69) is 6.92 Å². The highest BCUT2D eigenvalue weighted by molar-refractivity contribution is 7.79. The number of aliphatic hydroxyl groups is 1. The van der Waals surface area contributed by atoms with Crippen molar-refractivity contribution in [3.63, 3.8) is 0 Å². The smallest absolute Gasteiger partial charge is 0.149 e. The van der Waals surface area contributed by atoms with Crippen molar-refractivity contribution >= 4 is 17.8 Å². The van der Waals surface area contributed by atoms with Crippen LogP contribution in [0, 0.1) is 0 Å². The predicted molar refractivity (Wildman–Crippen MR) is 114 cm³/mol. The summed E-state index contributed by atoms with van der Waals surface area (Å²) in [6.45, 7) is 2.13. The minimum atomic E-state index is -3.04. The van der Waals surface area contributed by atoms with Gasteiger partial charge >= 0.3 is 0 Å². The number of benzene rings is 3. The van der Waals surface area contributed by atoms with Gasteiger partial charge in [-0.25, -0.2) is 0 Å². The topological polar surface area (TPSA) is 37.3 Å². The average molecular weight is 378 g/mol. The molecule has 0 saturated heterocycles. The number of rotatable bonds is 8. The van der Waals surface area contributed by atoms with E-state index in [1.807, 2.05) is 91.0 Å². The molecular formula is C24H27O2P. The largest absolute Gasteiger partial charge is 0.388 e. The van der Waals surface area contributed by atoms with Gasteiger partial charge in [-0.3, -0.25) is 0 Å². The first-order valence-corrected chi connectivity index (χ1v) is 11.4.